The van der Waals surface area contributed by atoms with E-state index in [1.54, 1.807) is 29.2 Å². The summed E-state index contributed by atoms with van der Waals surface area (Å²) in [7, 11) is 0. The maximum absolute atomic E-state index is 12.9. The highest BCUT2D eigenvalue weighted by Crippen LogP contribution is 2.23. The quantitative estimate of drug-likeness (QED) is 0.485. The number of carbonyl (C=O) groups excluding carboxylic acids is 1. The second-order valence-corrected chi connectivity index (χ2v) is 8.27. The lowest BCUT2D eigenvalue weighted by molar-refractivity contribution is -0.168. The summed E-state index contributed by atoms with van der Waals surface area (Å²) in [5, 5.41) is 0. The van der Waals surface area contributed by atoms with Crippen molar-refractivity contribution in [2.75, 3.05) is 32.8 Å². The van der Waals surface area contributed by atoms with Gasteiger partial charge in [-0.3, -0.25) is 9.69 Å². The molecule has 4 nitrogen and oxygen atoms in total. The van der Waals surface area contributed by atoms with E-state index in [1.165, 1.54) is 5.56 Å². The number of benzene rings is 2. The van der Waals surface area contributed by atoms with Crippen LogP contribution < -0.4 is 0 Å². The molecule has 1 amide bonds. The molecule has 1 aliphatic rings. The van der Waals surface area contributed by atoms with Gasteiger partial charge in [0.2, 0.25) is 0 Å². The first kappa shape index (κ1) is 23.7. The van der Waals surface area contributed by atoms with E-state index in [-0.39, 0.29) is 12.5 Å². The highest BCUT2D eigenvalue weighted by molar-refractivity contribution is 9.10. The fraction of sp³-hybridized carbons (Fsp3) is 0.409. The molecule has 2 aromatic rings. The minimum absolute atomic E-state index is 0.152. The number of rotatable bonds is 8. The minimum atomic E-state index is -4.19. The molecule has 0 unspecified atom stereocenters. The van der Waals surface area contributed by atoms with Gasteiger partial charge in [-0.1, -0.05) is 46.3 Å². The van der Waals surface area contributed by atoms with E-state index in [4.69, 9.17) is 4.74 Å². The number of piperazine rings is 1. The lowest BCUT2D eigenvalue weighted by atomic mass is 10.1. The fourth-order valence-corrected chi connectivity index (χ4v) is 3.73. The molecule has 0 radical (unpaired) electrons. The van der Waals surface area contributed by atoms with Crippen LogP contribution in [0, 0.1) is 0 Å². The number of nitrogens with zero attached hydrogens (tertiary/aromatic N) is 2. The maximum Gasteiger partial charge on any atom is 0.330 e. The smallest absolute Gasteiger partial charge is 0.330 e. The molecule has 0 saturated carbocycles. The number of hydrogen-bond donors (Lipinski definition) is 0. The van der Waals surface area contributed by atoms with Crippen molar-refractivity contribution in [2.45, 2.75) is 25.5 Å². The molecule has 1 heterocycles. The molecule has 3 rings (SSSR count). The van der Waals surface area contributed by atoms with Crippen LogP contribution in [0.15, 0.2) is 53.0 Å². The van der Waals surface area contributed by atoms with Crippen LogP contribution in [0.1, 0.15) is 21.5 Å². The minimum Gasteiger partial charge on any atom is -0.370 e. The zero-order chi connectivity index (χ0) is 22.4. The molecule has 1 fully saturated rings. The highest BCUT2D eigenvalue weighted by atomic mass is 79.9. The van der Waals surface area contributed by atoms with Gasteiger partial charge in [0.05, 0.1) is 6.61 Å². The van der Waals surface area contributed by atoms with Gasteiger partial charge < -0.3 is 9.64 Å². The lowest BCUT2D eigenvalue weighted by Gasteiger charge is -2.35. The SMILES string of the molecule is O=C(c1cccc(COCC(F)(F)C(F)F)c1)N1CCN(Cc2ccccc2Br)CC1. The van der Waals surface area contributed by atoms with Crippen LogP contribution >= 0.6 is 15.9 Å². The third-order valence-corrected chi connectivity index (χ3v) is 5.84. The van der Waals surface area contributed by atoms with Crippen molar-refractivity contribution in [2.24, 2.45) is 0 Å². The molecule has 168 valence electrons. The topological polar surface area (TPSA) is 32.8 Å². The molecular weight excluding hydrogens is 480 g/mol. The number of halogens is 5. The first-order valence-electron chi connectivity index (χ1n) is 9.84. The van der Waals surface area contributed by atoms with E-state index in [0.29, 0.717) is 24.2 Å². The molecule has 0 N–H and O–H groups in total. The Hall–Kier alpha value is -1.97. The number of alkyl halides is 4. The van der Waals surface area contributed by atoms with Crippen molar-refractivity contribution in [3.8, 4) is 0 Å². The van der Waals surface area contributed by atoms with Gasteiger partial charge in [0.15, 0.2) is 0 Å². The lowest BCUT2D eigenvalue weighted by Crippen LogP contribution is -2.48. The molecule has 31 heavy (non-hydrogen) atoms. The van der Waals surface area contributed by atoms with Gasteiger partial charge in [-0.2, -0.15) is 8.78 Å². The van der Waals surface area contributed by atoms with E-state index >= 15 is 0 Å². The molecule has 1 aliphatic heterocycles. The summed E-state index contributed by atoms with van der Waals surface area (Å²) < 4.78 is 56.1. The summed E-state index contributed by atoms with van der Waals surface area (Å²) >= 11 is 3.55. The third kappa shape index (κ3) is 6.51. The van der Waals surface area contributed by atoms with Gasteiger partial charge in [-0.05, 0) is 29.3 Å². The van der Waals surface area contributed by atoms with E-state index in [1.807, 2.05) is 18.2 Å². The number of hydrogen-bond acceptors (Lipinski definition) is 3. The average Bonchev–Trinajstić information content (AvgIpc) is 2.75. The van der Waals surface area contributed by atoms with Crippen molar-refractivity contribution in [1.82, 2.24) is 9.80 Å². The van der Waals surface area contributed by atoms with E-state index in [0.717, 1.165) is 24.1 Å². The van der Waals surface area contributed by atoms with E-state index < -0.39 is 19.0 Å². The Labute approximate surface area is 186 Å². The summed E-state index contributed by atoms with van der Waals surface area (Å²) in [6.45, 7) is 1.76. The van der Waals surface area contributed by atoms with Gasteiger partial charge in [-0.25, -0.2) is 8.78 Å². The summed E-state index contributed by atoms with van der Waals surface area (Å²) in [5.74, 6) is -4.34. The van der Waals surface area contributed by atoms with Gasteiger partial charge in [0.1, 0.15) is 6.61 Å². The highest BCUT2D eigenvalue weighted by Gasteiger charge is 2.40. The van der Waals surface area contributed by atoms with Crippen molar-refractivity contribution >= 4 is 21.8 Å². The molecule has 9 heteroatoms. The molecule has 1 saturated heterocycles. The first-order chi connectivity index (χ1) is 14.8. The van der Waals surface area contributed by atoms with Crippen molar-refractivity contribution < 1.29 is 27.1 Å². The summed E-state index contributed by atoms with van der Waals surface area (Å²) in [6.07, 6.45) is -3.78. The Morgan fingerprint density at radius 1 is 1.06 bits per heavy atom. The predicted octanol–water partition coefficient (Wildman–Crippen LogP) is 4.82. The molecule has 0 bridgehead atoms. The fourth-order valence-electron chi connectivity index (χ4n) is 3.32. The number of amides is 1. The third-order valence-electron chi connectivity index (χ3n) is 5.07. The Bertz CT molecular complexity index is 889. The van der Waals surface area contributed by atoms with Gasteiger partial charge >= 0.3 is 12.3 Å². The monoisotopic (exact) mass is 502 g/mol. The van der Waals surface area contributed by atoms with Gasteiger partial charge in [-0.15, -0.1) is 0 Å². The second-order valence-electron chi connectivity index (χ2n) is 7.41. The zero-order valence-electron chi connectivity index (χ0n) is 16.7. The van der Waals surface area contributed by atoms with Crippen LogP contribution in [0.5, 0.6) is 0 Å². The zero-order valence-corrected chi connectivity index (χ0v) is 18.3. The van der Waals surface area contributed by atoms with Gasteiger partial charge in [0.25, 0.3) is 5.91 Å². The maximum atomic E-state index is 12.9. The van der Waals surface area contributed by atoms with Crippen LogP contribution in [0.3, 0.4) is 0 Å². The largest absolute Gasteiger partial charge is 0.370 e. The van der Waals surface area contributed by atoms with Crippen LogP contribution in [0.2, 0.25) is 0 Å². The summed E-state index contributed by atoms with van der Waals surface area (Å²) in [5.41, 5.74) is 2.08. The van der Waals surface area contributed by atoms with Crippen LogP contribution in [0.4, 0.5) is 17.6 Å². The van der Waals surface area contributed by atoms with Crippen LogP contribution in [0.25, 0.3) is 0 Å². The molecule has 0 aliphatic carbocycles. The number of ether oxygens (including phenoxy) is 1. The summed E-state index contributed by atoms with van der Waals surface area (Å²) in [6, 6.07) is 14.4. The molecule has 2 aromatic carbocycles. The predicted molar refractivity (Wildman–Crippen MR) is 112 cm³/mol. The van der Waals surface area contributed by atoms with Crippen molar-refractivity contribution in [3.63, 3.8) is 0 Å². The standard InChI is InChI=1S/C22H23BrF4N2O2/c23-19-7-2-1-5-18(19)13-28-8-10-29(11-9-28)20(30)17-6-3-4-16(12-17)14-31-15-22(26,27)21(24)25/h1-7,12,21H,8-11,13-15H2. The molecular formula is C22H23BrF4N2O2. The second kappa shape index (κ2) is 10.6. The van der Waals surface area contributed by atoms with Crippen LogP contribution in [-0.2, 0) is 17.9 Å². The molecule has 0 atom stereocenters. The first-order valence-corrected chi connectivity index (χ1v) is 10.6. The Balaban J connectivity index is 1.51. The Morgan fingerprint density at radius 3 is 2.45 bits per heavy atom. The van der Waals surface area contributed by atoms with Gasteiger partial charge in [0, 0.05) is 42.8 Å². The normalized spacial score (nSPS) is 15.5. The Kier molecular flexibility index (Phi) is 8.07. The van der Waals surface area contributed by atoms with Crippen molar-refractivity contribution in [3.05, 3.63) is 69.7 Å². The Morgan fingerprint density at radius 2 is 1.77 bits per heavy atom. The van der Waals surface area contributed by atoms with Crippen molar-refractivity contribution in [1.29, 1.82) is 0 Å². The molecule has 0 aromatic heterocycles. The molecule has 0 spiro atoms. The van der Waals surface area contributed by atoms with E-state index in [2.05, 4.69) is 26.9 Å². The van der Waals surface area contributed by atoms with Crippen LogP contribution in [-0.4, -0.2) is 60.8 Å². The summed E-state index contributed by atoms with van der Waals surface area (Å²) in [4.78, 5) is 16.9. The average molecular weight is 503 g/mol. The number of carbonyl (C=O) groups is 1. The van der Waals surface area contributed by atoms with E-state index in [9.17, 15) is 22.4 Å².